The van der Waals surface area contributed by atoms with Crippen LogP contribution in [0.5, 0.6) is 0 Å². The van der Waals surface area contributed by atoms with Gasteiger partial charge in [-0.1, -0.05) is 37.1 Å². The summed E-state index contributed by atoms with van der Waals surface area (Å²) in [6.07, 6.45) is 5.36. The summed E-state index contributed by atoms with van der Waals surface area (Å²) in [6.45, 7) is 2.17. The Hall–Kier alpha value is -2.08. The van der Waals surface area contributed by atoms with Crippen LogP contribution in [-0.4, -0.2) is 28.3 Å². The Bertz CT molecular complexity index is 916. The van der Waals surface area contributed by atoms with Gasteiger partial charge in [-0.05, 0) is 31.7 Å². The van der Waals surface area contributed by atoms with Crippen LogP contribution in [0.1, 0.15) is 49.6 Å². The van der Waals surface area contributed by atoms with Crippen LogP contribution >= 0.6 is 11.8 Å². The highest BCUT2D eigenvalue weighted by molar-refractivity contribution is 7.99. The third-order valence-corrected chi connectivity index (χ3v) is 6.54. The fourth-order valence-corrected chi connectivity index (χ4v) is 5.23. The maximum atomic E-state index is 13.1. The number of carbonyl (C=O) groups is 1. The third kappa shape index (κ3) is 3.43. The van der Waals surface area contributed by atoms with Gasteiger partial charge in [-0.15, -0.1) is 11.8 Å². The van der Waals surface area contributed by atoms with Crippen molar-refractivity contribution in [1.82, 2.24) is 9.97 Å². The second-order valence-corrected chi connectivity index (χ2v) is 8.34. The highest BCUT2D eigenvalue weighted by Gasteiger charge is 2.43. The molecular formula is C21H24N2O3S. The number of aromatic amines is 1. The molecule has 0 unspecified atom stereocenters. The molecule has 0 amide bonds. The number of esters is 1. The van der Waals surface area contributed by atoms with E-state index >= 15 is 0 Å². The number of rotatable bonds is 5. The van der Waals surface area contributed by atoms with Crippen LogP contribution in [0.25, 0.3) is 11.3 Å². The Morgan fingerprint density at radius 3 is 2.85 bits per heavy atom. The summed E-state index contributed by atoms with van der Waals surface area (Å²) >= 11 is 1.41. The summed E-state index contributed by atoms with van der Waals surface area (Å²) in [6, 6.07) is 8.30. The van der Waals surface area contributed by atoms with Crippen molar-refractivity contribution in [2.45, 2.75) is 50.2 Å². The van der Waals surface area contributed by atoms with E-state index < -0.39 is 0 Å². The number of ether oxygens (including phenoxy) is 1. The second kappa shape index (κ2) is 7.50. The van der Waals surface area contributed by atoms with E-state index in [-0.39, 0.29) is 22.7 Å². The summed E-state index contributed by atoms with van der Waals surface area (Å²) in [5.41, 5.74) is 4.00. The molecule has 1 aromatic carbocycles. The lowest BCUT2D eigenvalue weighted by molar-refractivity contribution is -0.139. The number of fused-ring (bicyclic) bond motifs is 4. The van der Waals surface area contributed by atoms with Crippen molar-refractivity contribution in [2.75, 3.05) is 12.4 Å². The molecule has 5 nitrogen and oxygen atoms in total. The van der Waals surface area contributed by atoms with Gasteiger partial charge in [-0.25, -0.2) is 4.98 Å². The van der Waals surface area contributed by atoms with E-state index in [1.54, 1.807) is 6.92 Å². The van der Waals surface area contributed by atoms with Gasteiger partial charge in [0.2, 0.25) is 0 Å². The number of benzene rings is 1. The fraction of sp³-hybridized carbons (Fsp3) is 0.476. The molecule has 0 atom stereocenters. The normalized spacial score (nSPS) is 16.8. The average Bonchev–Trinajstić information content (AvgIpc) is 3.10. The predicted octanol–water partition coefficient (Wildman–Crippen LogP) is 3.60. The average molecular weight is 385 g/mol. The van der Waals surface area contributed by atoms with E-state index in [9.17, 15) is 9.59 Å². The molecule has 4 rings (SSSR count). The third-order valence-electron chi connectivity index (χ3n) is 5.62. The monoisotopic (exact) mass is 384 g/mol. The summed E-state index contributed by atoms with van der Waals surface area (Å²) in [7, 11) is 0. The quantitative estimate of drug-likeness (QED) is 0.798. The standard InChI is InChI=1S/C21H24N2O3S/c1-2-26-17(24)13-27-12-16-22-19-15-8-4-3-7-14(15)11-21(9-5-6-10-21)18(19)20(25)23-16/h3-4,7-8H,2,5-6,9-13H2,1H3,(H,22,23,25). The first-order valence-corrected chi connectivity index (χ1v) is 10.7. The van der Waals surface area contributed by atoms with E-state index in [1.165, 1.54) is 17.3 Å². The highest BCUT2D eigenvalue weighted by Crippen LogP contribution is 2.49. The number of carbonyl (C=O) groups excluding carboxylic acids is 1. The predicted molar refractivity (Wildman–Crippen MR) is 107 cm³/mol. The van der Waals surface area contributed by atoms with Crippen molar-refractivity contribution < 1.29 is 9.53 Å². The van der Waals surface area contributed by atoms with Crippen LogP contribution in [0.4, 0.5) is 0 Å². The SMILES string of the molecule is CCOC(=O)CSCc1nc2c(c(=O)[nH]1)C1(CCCC1)Cc1ccccc1-2. The van der Waals surface area contributed by atoms with E-state index in [0.717, 1.165) is 48.9 Å². The van der Waals surface area contributed by atoms with Crippen molar-refractivity contribution in [3.05, 3.63) is 51.6 Å². The summed E-state index contributed by atoms with van der Waals surface area (Å²) in [5.74, 6) is 1.13. The summed E-state index contributed by atoms with van der Waals surface area (Å²) in [5, 5.41) is 0. The minimum atomic E-state index is -0.238. The second-order valence-electron chi connectivity index (χ2n) is 7.36. The van der Waals surface area contributed by atoms with E-state index in [1.807, 2.05) is 6.07 Å². The number of hydrogen-bond acceptors (Lipinski definition) is 5. The van der Waals surface area contributed by atoms with Crippen LogP contribution in [-0.2, 0) is 27.1 Å². The lowest BCUT2D eigenvalue weighted by atomic mass is 9.68. The van der Waals surface area contributed by atoms with Crippen molar-refractivity contribution in [1.29, 1.82) is 0 Å². The molecular weight excluding hydrogens is 360 g/mol. The van der Waals surface area contributed by atoms with Gasteiger partial charge in [0.1, 0.15) is 5.82 Å². The first-order valence-electron chi connectivity index (χ1n) is 9.58. The molecule has 1 saturated carbocycles. The van der Waals surface area contributed by atoms with Gasteiger partial charge >= 0.3 is 5.97 Å². The zero-order chi connectivity index (χ0) is 18.9. The molecule has 2 aliphatic rings. The molecule has 0 aliphatic heterocycles. The Kier molecular flexibility index (Phi) is 5.08. The molecule has 2 aliphatic carbocycles. The number of nitrogens with zero attached hydrogens (tertiary/aromatic N) is 1. The molecule has 6 heteroatoms. The molecule has 0 radical (unpaired) electrons. The van der Waals surface area contributed by atoms with Gasteiger partial charge in [-0.2, -0.15) is 0 Å². The summed E-state index contributed by atoms with van der Waals surface area (Å²) in [4.78, 5) is 32.4. The van der Waals surface area contributed by atoms with Gasteiger partial charge in [0.25, 0.3) is 5.56 Å². The van der Waals surface area contributed by atoms with Crippen molar-refractivity contribution in [3.63, 3.8) is 0 Å². The van der Waals surface area contributed by atoms with Crippen LogP contribution in [0.15, 0.2) is 29.1 Å². The van der Waals surface area contributed by atoms with Crippen LogP contribution < -0.4 is 5.56 Å². The van der Waals surface area contributed by atoms with Gasteiger partial charge in [0.15, 0.2) is 0 Å². The van der Waals surface area contributed by atoms with E-state index in [0.29, 0.717) is 18.2 Å². The zero-order valence-electron chi connectivity index (χ0n) is 15.5. The maximum absolute atomic E-state index is 13.1. The van der Waals surface area contributed by atoms with E-state index in [4.69, 9.17) is 9.72 Å². The largest absolute Gasteiger partial charge is 0.465 e. The smallest absolute Gasteiger partial charge is 0.315 e. The topological polar surface area (TPSA) is 72.0 Å². The number of H-pyrrole nitrogens is 1. The minimum absolute atomic E-state index is 0.0110. The number of aromatic nitrogens is 2. The van der Waals surface area contributed by atoms with Crippen LogP contribution in [0.2, 0.25) is 0 Å². The maximum Gasteiger partial charge on any atom is 0.315 e. The first-order chi connectivity index (χ1) is 13.1. The molecule has 27 heavy (non-hydrogen) atoms. The molecule has 1 aromatic heterocycles. The number of hydrogen-bond donors (Lipinski definition) is 1. The molecule has 0 bridgehead atoms. The van der Waals surface area contributed by atoms with E-state index in [2.05, 4.69) is 23.2 Å². The Morgan fingerprint density at radius 2 is 2.07 bits per heavy atom. The van der Waals surface area contributed by atoms with Gasteiger partial charge in [0.05, 0.1) is 29.4 Å². The molecule has 1 fully saturated rings. The minimum Gasteiger partial charge on any atom is -0.465 e. The lowest BCUT2D eigenvalue weighted by Crippen LogP contribution is -2.37. The molecule has 142 valence electrons. The molecule has 2 aromatic rings. The first kappa shape index (κ1) is 18.3. The molecule has 1 spiro atoms. The molecule has 0 saturated heterocycles. The van der Waals surface area contributed by atoms with Crippen molar-refractivity contribution >= 4 is 17.7 Å². The van der Waals surface area contributed by atoms with Crippen LogP contribution in [0.3, 0.4) is 0 Å². The Balaban J connectivity index is 1.69. The van der Waals surface area contributed by atoms with Crippen molar-refractivity contribution in [2.24, 2.45) is 0 Å². The molecule has 1 N–H and O–H groups in total. The fourth-order valence-electron chi connectivity index (χ4n) is 4.55. The Labute approximate surface area is 162 Å². The van der Waals surface area contributed by atoms with Gasteiger partial charge in [-0.3, -0.25) is 9.59 Å². The van der Waals surface area contributed by atoms with Crippen LogP contribution in [0, 0.1) is 0 Å². The number of thioether (sulfide) groups is 1. The zero-order valence-corrected chi connectivity index (χ0v) is 16.4. The summed E-state index contributed by atoms with van der Waals surface area (Å²) < 4.78 is 4.95. The van der Waals surface area contributed by atoms with Crippen molar-refractivity contribution in [3.8, 4) is 11.3 Å². The Morgan fingerprint density at radius 1 is 1.30 bits per heavy atom. The number of nitrogens with one attached hydrogen (secondary N) is 1. The highest BCUT2D eigenvalue weighted by atomic mass is 32.2. The van der Waals surface area contributed by atoms with Gasteiger partial charge in [0, 0.05) is 11.0 Å². The van der Waals surface area contributed by atoms with Gasteiger partial charge < -0.3 is 9.72 Å². The molecule has 1 heterocycles. The lowest BCUT2D eigenvalue weighted by Gasteiger charge is -2.35.